The standard InChI is InChI=1S/C21H30N2O4S/c1-23(2)20(25)15-28-18-13-9-8-12-17(18)21(26)27-14-19(24)22-16-10-6-4-3-5-7-11-16/h8-9,12-13,16H,3-7,10-11,14-15H2,1-2H3,(H,22,24). The summed E-state index contributed by atoms with van der Waals surface area (Å²) in [5, 5.41) is 2.99. The lowest BCUT2D eigenvalue weighted by atomic mass is 9.97. The topological polar surface area (TPSA) is 75.7 Å². The Labute approximate surface area is 171 Å². The van der Waals surface area contributed by atoms with Crippen LogP contribution < -0.4 is 5.32 Å². The summed E-state index contributed by atoms with van der Waals surface area (Å²) in [5.74, 6) is -0.605. The number of thioether (sulfide) groups is 1. The SMILES string of the molecule is CN(C)C(=O)CSc1ccccc1C(=O)OCC(=O)NC1CCCCCCC1. The number of amides is 2. The van der Waals surface area contributed by atoms with Crippen molar-refractivity contribution in [1.82, 2.24) is 10.2 Å². The van der Waals surface area contributed by atoms with Gasteiger partial charge in [0.15, 0.2) is 6.61 Å². The largest absolute Gasteiger partial charge is 0.452 e. The number of carbonyl (C=O) groups is 3. The van der Waals surface area contributed by atoms with Crippen LogP contribution in [-0.2, 0) is 14.3 Å². The average molecular weight is 407 g/mol. The second-order valence-corrected chi connectivity index (χ2v) is 8.28. The van der Waals surface area contributed by atoms with Crippen LogP contribution in [0, 0.1) is 0 Å². The van der Waals surface area contributed by atoms with E-state index in [0.717, 1.165) is 25.7 Å². The van der Waals surface area contributed by atoms with Crippen LogP contribution in [0.25, 0.3) is 0 Å². The van der Waals surface area contributed by atoms with Crippen LogP contribution in [-0.4, -0.2) is 55.2 Å². The predicted molar refractivity (Wildman–Crippen MR) is 110 cm³/mol. The zero-order chi connectivity index (χ0) is 20.4. The molecule has 0 unspecified atom stereocenters. The molecule has 154 valence electrons. The highest BCUT2D eigenvalue weighted by molar-refractivity contribution is 8.00. The molecule has 1 fully saturated rings. The van der Waals surface area contributed by atoms with E-state index in [1.807, 2.05) is 0 Å². The van der Waals surface area contributed by atoms with Gasteiger partial charge in [-0.1, -0.05) is 44.2 Å². The Morgan fingerprint density at radius 2 is 1.71 bits per heavy atom. The minimum absolute atomic E-state index is 0.0354. The number of benzene rings is 1. The summed E-state index contributed by atoms with van der Waals surface area (Å²) in [5.41, 5.74) is 0.373. The Bertz CT molecular complexity index is 670. The third kappa shape index (κ3) is 7.54. The molecule has 0 aliphatic heterocycles. The summed E-state index contributed by atoms with van der Waals surface area (Å²) in [6, 6.07) is 7.14. The van der Waals surface area contributed by atoms with E-state index in [4.69, 9.17) is 4.74 Å². The molecule has 0 heterocycles. The average Bonchev–Trinajstić information content (AvgIpc) is 2.66. The molecule has 1 aromatic rings. The van der Waals surface area contributed by atoms with Gasteiger partial charge < -0.3 is 15.0 Å². The van der Waals surface area contributed by atoms with Gasteiger partial charge in [-0.3, -0.25) is 9.59 Å². The Balaban J connectivity index is 1.85. The van der Waals surface area contributed by atoms with Gasteiger partial charge in [0.1, 0.15) is 0 Å². The van der Waals surface area contributed by atoms with Crippen molar-refractivity contribution < 1.29 is 19.1 Å². The Hall–Kier alpha value is -2.02. The number of rotatable bonds is 7. The maximum absolute atomic E-state index is 12.4. The van der Waals surface area contributed by atoms with E-state index in [0.29, 0.717) is 10.5 Å². The van der Waals surface area contributed by atoms with Gasteiger partial charge in [-0.2, -0.15) is 0 Å². The van der Waals surface area contributed by atoms with Crippen molar-refractivity contribution in [3.63, 3.8) is 0 Å². The first-order valence-corrected chi connectivity index (χ1v) is 10.8. The second kappa shape index (κ2) is 11.7. The van der Waals surface area contributed by atoms with E-state index in [1.165, 1.54) is 35.9 Å². The van der Waals surface area contributed by atoms with Crippen molar-refractivity contribution in [2.45, 2.75) is 55.9 Å². The smallest absolute Gasteiger partial charge is 0.339 e. The van der Waals surface area contributed by atoms with Crippen LogP contribution in [0.5, 0.6) is 0 Å². The Kier molecular flexibility index (Phi) is 9.34. The summed E-state index contributed by atoms with van der Waals surface area (Å²) in [6.45, 7) is -0.287. The van der Waals surface area contributed by atoms with Crippen molar-refractivity contribution >= 4 is 29.5 Å². The van der Waals surface area contributed by atoms with Crippen LogP contribution in [0.1, 0.15) is 55.3 Å². The zero-order valence-electron chi connectivity index (χ0n) is 16.7. The van der Waals surface area contributed by atoms with Gasteiger partial charge in [-0.15, -0.1) is 11.8 Å². The maximum atomic E-state index is 12.4. The minimum Gasteiger partial charge on any atom is -0.452 e. The summed E-state index contributed by atoms with van der Waals surface area (Å²) < 4.78 is 5.22. The normalized spacial score (nSPS) is 15.2. The molecule has 0 bridgehead atoms. The number of nitrogens with zero attached hydrogens (tertiary/aromatic N) is 1. The van der Waals surface area contributed by atoms with Gasteiger partial charge in [0, 0.05) is 25.0 Å². The van der Waals surface area contributed by atoms with E-state index in [-0.39, 0.29) is 30.2 Å². The predicted octanol–water partition coefficient (Wildman–Crippen LogP) is 3.25. The first-order chi connectivity index (χ1) is 13.5. The number of nitrogens with one attached hydrogen (secondary N) is 1. The van der Waals surface area contributed by atoms with Gasteiger partial charge in [-0.05, 0) is 25.0 Å². The van der Waals surface area contributed by atoms with Crippen LogP contribution in [0.4, 0.5) is 0 Å². The maximum Gasteiger partial charge on any atom is 0.339 e. The monoisotopic (exact) mass is 406 g/mol. The molecule has 0 atom stereocenters. The molecule has 28 heavy (non-hydrogen) atoms. The van der Waals surface area contributed by atoms with E-state index in [2.05, 4.69) is 5.32 Å². The highest BCUT2D eigenvalue weighted by atomic mass is 32.2. The zero-order valence-corrected chi connectivity index (χ0v) is 17.6. The molecule has 1 aliphatic carbocycles. The lowest BCUT2D eigenvalue weighted by Crippen LogP contribution is -2.38. The van der Waals surface area contributed by atoms with E-state index in [1.54, 1.807) is 38.4 Å². The highest BCUT2D eigenvalue weighted by Gasteiger charge is 2.18. The summed E-state index contributed by atoms with van der Waals surface area (Å²) in [7, 11) is 3.38. The van der Waals surface area contributed by atoms with Crippen LogP contribution in [0.15, 0.2) is 29.2 Å². The third-order valence-electron chi connectivity index (χ3n) is 4.76. The first-order valence-electron chi connectivity index (χ1n) is 9.86. The molecule has 2 amide bonds. The van der Waals surface area contributed by atoms with Crippen LogP contribution in [0.2, 0.25) is 0 Å². The number of ether oxygens (including phenoxy) is 1. The fraction of sp³-hybridized carbons (Fsp3) is 0.571. The molecule has 0 aromatic heterocycles. The molecule has 7 heteroatoms. The molecule has 0 spiro atoms. The third-order valence-corrected chi connectivity index (χ3v) is 5.82. The minimum atomic E-state index is -0.548. The number of hydrogen-bond acceptors (Lipinski definition) is 5. The summed E-state index contributed by atoms with van der Waals surface area (Å²) in [6.07, 6.45) is 7.92. The van der Waals surface area contributed by atoms with E-state index in [9.17, 15) is 14.4 Å². The van der Waals surface area contributed by atoms with Crippen molar-refractivity contribution in [3.05, 3.63) is 29.8 Å². The molecule has 2 rings (SSSR count). The Morgan fingerprint density at radius 3 is 2.39 bits per heavy atom. The molecular formula is C21H30N2O4S. The van der Waals surface area contributed by atoms with Crippen molar-refractivity contribution in [3.8, 4) is 0 Å². The lowest BCUT2D eigenvalue weighted by molar-refractivity contribution is -0.126. The fourth-order valence-electron chi connectivity index (χ4n) is 3.11. The number of carbonyl (C=O) groups excluding carboxylic acids is 3. The molecule has 0 radical (unpaired) electrons. The van der Waals surface area contributed by atoms with E-state index >= 15 is 0 Å². The first kappa shape index (κ1) is 22.3. The van der Waals surface area contributed by atoms with Gasteiger partial charge in [0.25, 0.3) is 5.91 Å². The quantitative estimate of drug-likeness (QED) is 0.556. The molecule has 1 N–H and O–H groups in total. The molecule has 1 aromatic carbocycles. The van der Waals surface area contributed by atoms with Crippen LogP contribution >= 0.6 is 11.8 Å². The Morgan fingerprint density at radius 1 is 1.07 bits per heavy atom. The molecule has 0 saturated heterocycles. The van der Waals surface area contributed by atoms with Gasteiger partial charge in [-0.25, -0.2) is 4.79 Å². The number of hydrogen-bond donors (Lipinski definition) is 1. The summed E-state index contributed by atoms with van der Waals surface area (Å²) in [4.78, 5) is 38.6. The number of esters is 1. The molecule has 1 saturated carbocycles. The summed E-state index contributed by atoms with van der Waals surface area (Å²) >= 11 is 1.29. The molecular weight excluding hydrogens is 376 g/mol. The van der Waals surface area contributed by atoms with Crippen molar-refractivity contribution in [2.24, 2.45) is 0 Å². The molecule has 1 aliphatic rings. The molecule has 6 nitrogen and oxygen atoms in total. The van der Waals surface area contributed by atoms with Crippen molar-refractivity contribution in [1.29, 1.82) is 0 Å². The van der Waals surface area contributed by atoms with Gasteiger partial charge in [0.05, 0.1) is 11.3 Å². The van der Waals surface area contributed by atoms with Gasteiger partial charge >= 0.3 is 5.97 Å². The van der Waals surface area contributed by atoms with E-state index < -0.39 is 5.97 Å². The van der Waals surface area contributed by atoms with Crippen LogP contribution in [0.3, 0.4) is 0 Å². The van der Waals surface area contributed by atoms with Crippen molar-refractivity contribution in [2.75, 3.05) is 26.5 Å². The lowest BCUT2D eigenvalue weighted by Gasteiger charge is -2.21. The highest BCUT2D eigenvalue weighted by Crippen LogP contribution is 2.23. The second-order valence-electron chi connectivity index (χ2n) is 7.26. The van der Waals surface area contributed by atoms with Gasteiger partial charge in [0.2, 0.25) is 5.91 Å². The fourth-order valence-corrected chi connectivity index (χ4v) is 4.13.